The highest BCUT2D eigenvalue weighted by Gasteiger charge is 2.11. The predicted molar refractivity (Wildman–Crippen MR) is 70.4 cm³/mol. The van der Waals surface area contributed by atoms with Crippen molar-refractivity contribution < 1.29 is 9.90 Å². The van der Waals surface area contributed by atoms with Gasteiger partial charge in [-0.1, -0.05) is 13.8 Å². The van der Waals surface area contributed by atoms with Crippen LogP contribution in [0.5, 0.6) is 0 Å². The van der Waals surface area contributed by atoms with Gasteiger partial charge in [-0.05, 0) is 34.7 Å². The Morgan fingerprint density at radius 2 is 2.35 bits per heavy atom. The lowest BCUT2D eigenvalue weighted by Gasteiger charge is -2.16. The van der Waals surface area contributed by atoms with E-state index in [9.17, 15) is 4.79 Å². The molecule has 0 radical (unpaired) electrons. The number of rotatable bonds is 6. The van der Waals surface area contributed by atoms with Crippen molar-refractivity contribution in [1.29, 1.82) is 0 Å². The van der Waals surface area contributed by atoms with E-state index >= 15 is 0 Å². The zero-order chi connectivity index (χ0) is 12.7. The zero-order valence-corrected chi connectivity index (χ0v) is 11.1. The summed E-state index contributed by atoms with van der Waals surface area (Å²) in [6.07, 6.45) is 0.726. The van der Waals surface area contributed by atoms with E-state index < -0.39 is 0 Å². The van der Waals surface area contributed by atoms with Gasteiger partial charge in [0.05, 0.1) is 12.6 Å². The van der Waals surface area contributed by atoms with Gasteiger partial charge in [0.2, 0.25) is 0 Å². The van der Waals surface area contributed by atoms with Crippen molar-refractivity contribution in [2.45, 2.75) is 32.2 Å². The minimum atomic E-state index is -0.215. The summed E-state index contributed by atoms with van der Waals surface area (Å²) in [5, 5.41) is 18.6. The molecule has 0 aliphatic carbocycles. The fourth-order valence-electron chi connectivity index (χ4n) is 1.43. The molecule has 0 saturated heterocycles. The van der Waals surface area contributed by atoms with Gasteiger partial charge in [-0.3, -0.25) is 0 Å². The number of nitrogens with one attached hydrogen (secondary N) is 2. The third-order valence-corrected chi connectivity index (χ3v) is 3.43. The normalized spacial score (nSPS) is 14.1. The number of carbonyl (C=O) groups excluding carboxylic acids is 1. The standard InChI is InChI=1S/C12H20N2O2S/c1-3-11(7-15)14-12(16)13-6-9(2)10-4-5-17-8-10/h4-5,8-9,11,15H,3,6-7H2,1-2H3,(H2,13,14,16)/t9-,11+/m1/s1. The highest BCUT2D eigenvalue weighted by molar-refractivity contribution is 7.07. The molecule has 0 aliphatic heterocycles. The maximum Gasteiger partial charge on any atom is 0.315 e. The summed E-state index contributed by atoms with van der Waals surface area (Å²) in [5.41, 5.74) is 1.24. The van der Waals surface area contributed by atoms with Gasteiger partial charge in [0.1, 0.15) is 0 Å². The third kappa shape index (κ3) is 4.75. The fourth-order valence-corrected chi connectivity index (χ4v) is 2.21. The van der Waals surface area contributed by atoms with Crippen LogP contribution in [0.15, 0.2) is 16.8 Å². The van der Waals surface area contributed by atoms with E-state index in [1.54, 1.807) is 11.3 Å². The largest absolute Gasteiger partial charge is 0.394 e. The Morgan fingerprint density at radius 1 is 1.59 bits per heavy atom. The van der Waals surface area contributed by atoms with Crippen molar-refractivity contribution in [3.63, 3.8) is 0 Å². The molecule has 5 heteroatoms. The van der Waals surface area contributed by atoms with Gasteiger partial charge in [0.25, 0.3) is 0 Å². The lowest BCUT2D eigenvalue weighted by molar-refractivity contribution is 0.214. The maximum absolute atomic E-state index is 11.5. The molecule has 0 aliphatic rings. The number of thiophene rings is 1. The smallest absolute Gasteiger partial charge is 0.315 e. The molecule has 2 amide bonds. The van der Waals surface area contributed by atoms with Gasteiger partial charge in [0, 0.05) is 6.54 Å². The molecule has 4 nitrogen and oxygen atoms in total. The van der Waals surface area contributed by atoms with E-state index in [0.717, 1.165) is 6.42 Å². The van der Waals surface area contributed by atoms with E-state index in [-0.39, 0.29) is 18.7 Å². The zero-order valence-electron chi connectivity index (χ0n) is 10.3. The minimum absolute atomic E-state index is 0.0238. The average molecular weight is 256 g/mol. The Labute approximate surface area is 106 Å². The first-order valence-electron chi connectivity index (χ1n) is 5.84. The van der Waals surface area contributed by atoms with Crippen molar-refractivity contribution in [3.05, 3.63) is 22.4 Å². The number of urea groups is 1. The van der Waals surface area contributed by atoms with Gasteiger partial charge in [0.15, 0.2) is 0 Å². The van der Waals surface area contributed by atoms with Crippen molar-refractivity contribution >= 4 is 17.4 Å². The first-order valence-corrected chi connectivity index (χ1v) is 6.79. The molecule has 2 atom stereocenters. The first-order chi connectivity index (χ1) is 8.17. The molecule has 1 heterocycles. The number of carbonyl (C=O) groups is 1. The Hall–Kier alpha value is -1.07. The summed E-state index contributed by atoms with van der Waals surface area (Å²) < 4.78 is 0. The SMILES string of the molecule is CC[C@@H](CO)NC(=O)NC[C@@H](C)c1ccsc1. The number of aliphatic hydroxyl groups is 1. The van der Waals surface area contributed by atoms with Crippen LogP contribution >= 0.6 is 11.3 Å². The second kappa shape index (κ2) is 7.29. The molecule has 0 saturated carbocycles. The number of hydrogen-bond donors (Lipinski definition) is 3. The topological polar surface area (TPSA) is 61.4 Å². The molecule has 17 heavy (non-hydrogen) atoms. The number of hydrogen-bond acceptors (Lipinski definition) is 3. The van der Waals surface area contributed by atoms with Crippen LogP contribution in [0.25, 0.3) is 0 Å². The van der Waals surface area contributed by atoms with E-state index in [2.05, 4.69) is 29.0 Å². The van der Waals surface area contributed by atoms with Crippen molar-refractivity contribution in [2.75, 3.05) is 13.2 Å². The Kier molecular flexibility index (Phi) is 6.00. The molecule has 0 unspecified atom stereocenters. The first kappa shape index (κ1) is 14.0. The number of amides is 2. The quantitative estimate of drug-likeness (QED) is 0.728. The molecule has 1 aromatic rings. The number of aliphatic hydroxyl groups excluding tert-OH is 1. The maximum atomic E-state index is 11.5. The van der Waals surface area contributed by atoms with Crippen LogP contribution in [0.2, 0.25) is 0 Å². The molecule has 0 aromatic carbocycles. The summed E-state index contributed by atoms with van der Waals surface area (Å²) in [6.45, 7) is 4.58. The molecule has 3 N–H and O–H groups in total. The Balaban J connectivity index is 2.28. The van der Waals surface area contributed by atoms with Crippen LogP contribution in [0.3, 0.4) is 0 Å². The lowest BCUT2D eigenvalue weighted by atomic mass is 10.1. The molecule has 96 valence electrons. The highest BCUT2D eigenvalue weighted by atomic mass is 32.1. The van der Waals surface area contributed by atoms with Gasteiger partial charge in [-0.25, -0.2) is 4.79 Å². The van der Waals surface area contributed by atoms with Crippen LogP contribution in [0, 0.1) is 0 Å². The third-order valence-electron chi connectivity index (χ3n) is 2.73. The van der Waals surface area contributed by atoms with Crippen LogP contribution in [0.4, 0.5) is 4.79 Å². The van der Waals surface area contributed by atoms with E-state index in [1.807, 2.05) is 12.3 Å². The summed E-state index contributed by atoms with van der Waals surface area (Å²) in [7, 11) is 0. The average Bonchev–Trinajstić information content (AvgIpc) is 2.86. The highest BCUT2D eigenvalue weighted by Crippen LogP contribution is 2.16. The second-order valence-corrected chi connectivity index (χ2v) is 4.88. The van der Waals surface area contributed by atoms with Gasteiger partial charge in [-0.2, -0.15) is 11.3 Å². The van der Waals surface area contributed by atoms with Gasteiger partial charge in [-0.15, -0.1) is 0 Å². The molecule has 1 aromatic heterocycles. The predicted octanol–water partition coefficient (Wildman–Crippen LogP) is 1.92. The van der Waals surface area contributed by atoms with Gasteiger partial charge < -0.3 is 15.7 Å². The second-order valence-electron chi connectivity index (χ2n) is 4.10. The monoisotopic (exact) mass is 256 g/mol. The van der Waals surface area contributed by atoms with Crippen LogP contribution in [-0.2, 0) is 0 Å². The lowest BCUT2D eigenvalue weighted by Crippen LogP contribution is -2.44. The van der Waals surface area contributed by atoms with E-state index in [0.29, 0.717) is 12.5 Å². The van der Waals surface area contributed by atoms with Crippen molar-refractivity contribution in [3.8, 4) is 0 Å². The van der Waals surface area contributed by atoms with Crippen LogP contribution in [-0.4, -0.2) is 30.3 Å². The Morgan fingerprint density at radius 3 is 2.88 bits per heavy atom. The Bertz CT molecular complexity index is 323. The molecular weight excluding hydrogens is 236 g/mol. The van der Waals surface area contributed by atoms with Crippen LogP contribution in [0.1, 0.15) is 31.7 Å². The molecule has 0 fully saturated rings. The minimum Gasteiger partial charge on any atom is -0.394 e. The van der Waals surface area contributed by atoms with Crippen molar-refractivity contribution in [2.24, 2.45) is 0 Å². The van der Waals surface area contributed by atoms with E-state index in [4.69, 9.17) is 5.11 Å². The molecule has 0 bridgehead atoms. The fraction of sp³-hybridized carbons (Fsp3) is 0.583. The summed E-state index contributed by atoms with van der Waals surface area (Å²) in [6, 6.07) is 1.69. The summed E-state index contributed by atoms with van der Waals surface area (Å²) in [5.74, 6) is 0.307. The van der Waals surface area contributed by atoms with Crippen LogP contribution < -0.4 is 10.6 Å². The molecule has 0 spiro atoms. The summed E-state index contributed by atoms with van der Waals surface area (Å²) >= 11 is 1.66. The van der Waals surface area contributed by atoms with Crippen molar-refractivity contribution in [1.82, 2.24) is 10.6 Å². The summed E-state index contributed by atoms with van der Waals surface area (Å²) in [4.78, 5) is 11.5. The molecular formula is C12H20N2O2S. The molecule has 1 rings (SSSR count). The van der Waals surface area contributed by atoms with E-state index in [1.165, 1.54) is 5.56 Å². The van der Waals surface area contributed by atoms with Gasteiger partial charge >= 0.3 is 6.03 Å².